The van der Waals surface area contributed by atoms with Gasteiger partial charge in [-0.05, 0) is 102 Å². The number of carboxylic acid groups (broad SMARTS) is 1. The van der Waals surface area contributed by atoms with Crippen LogP contribution in [0.15, 0.2) is 49.4 Å². The molecule has 16 heteroatoms. The van der Waals surface area contributed by atoms with Gasteiger partial charge in [-0.25, -0.2) is 27.5 Å². The number of sulfonamides is 1. The van der Waals surface area contributed by atoms with E-state index in [0.717, 1.165) is 0 Å². The summed E-state index contributed by atoms with van der Waals surface area (Å²) in [4.78, 5) is 52.6. The molecule has 0 spiro atoms. The van der Waals surface area contributed by atoms with Crippen molar-refractivity contribution in [1.29, 1.82) is 0 Å². The molecule has 3 rings (SSSR count). The van der Waals surface area contributed by atoms with Gasteiger partial charge in [-0.2, -0.15) is 0 Å². The SMILES string of the molecule is Cc1cc(OCC(=O)O)c(C)c(C)c1S(=O)(=O)NC(N)=NCCC[C@H](NC(=O)OC(C)(C)C)C(=O)Nc1ccc2c(C)cc(=O)oc2c1. The number of nitrogens with zero attached hydrogens (tertiary/aromatic N) is 1. The standard InChI is InChI=1S/C32H41N5O10S/c1-17-14-27(40)46-25-15-21(10-11-22(17)25)35-29(41)23(36-31(42)47-32(5,6)7)9-8-12-34-30(33)37-48(43,44)28-18(2)13-24(19(3)20(28)4)45-16-26(38)39/h10-11,13-15,23H,8-9,12,16H2,1-7H3,(H,35,41)(H,36,42)(H,38,39)(H3,33,34,37)/t23-/m0/s1. The minimum Gasteiger partial charge on any atom is -0.482 e. The molecule has 0 aliphatic rings. The first kappa shape index (κ1) is 37.3. The predicted molar refractivity (Wildman–Crippen MR) is 179 cm³/mol. The number of carbonyl (C=O) groups is 3. The molecule has 0 aliphatic carbocycles. The van der Waals surface area contributed by atoms with Gasteiger partial charge in [-0.1, -0.05) is 0 Å². The molecule has 0 bridgehead atoms. The molecule has 0 unspecified atom stereocenters. The van der Waals surface area contributed by atoms with Crippen molar-refractivity contribution in [3.8, 4) is 5.75 Å². The van der Waals surface area contributed by atoms with E-state index in [2.05, 4.69) is 20.3 Å². The molecule has 2 aromatic carbocycles. The number of carboxylic acids is 1. The maximum Gasteiger partial charge on any atom is 0.408 e. The number of aryl methyl sites for hydroxylation is 2. The zero-order chi connectivity index (χ0) is 36.0. The number of hydrogen-bond donors (Lipinski definition) is 5. The molecule has 15 nitrogen and oxygen atoms in total. The van der Waals surface area contributed by atoms with Crippen LogP contribution in [0.25, 0.3) is 11.0 Å². The first-order valence-corrected chi connectivity index (χ1v) is 16.4. The second kappa shape index (κ2) is 15.2. The number of aliphatic carboxylic acids is 1. The van der Waals surface area contributed by atoms with Crippen molar-refractivity contribution in [3.63, 3.8) is 0 Å². The minimum absolute atomic E-state index is 0.00645. The summed E-state index contributed by atoms with van der Waals surface area (Å²) in [5.41, 5.74) is 6.99. The highest BCUT2D eigenvalue weighted by Gasteiger charge is 2.26. The van der Waals surface area contributed by atoms with Crippen molar-refractivity contribution in [2.75, 3.05) is 18.5 Å². The highest BCUT2D eigenvalue weighted by molar-refractivity contribution is 7.90. The molecule has 3 aromatic rings. The van der Waals surface area contributed by atoms with Gasteiger partial charge >= 0.3 is 17.7 Å². The number of anilines is 1. The normalized spacial score (nSPS) is 12.7. The Hall–Kier alpha value is -5.12. The third-order valence-corrected chi connectivity index (χ3v) is 8.64. The van der Waals surface area contributed by atoms with Gasteiger partial charge in [0.05, 0.1) is 4.90 Å². The molecule has 0 saturated heterocycles. The molecule has 2 amide bonds. The third kappa shape index (κ3) is 10.2. The van der Waals surface area contributed by atoms with Crippen molar-refractivity contribution < 1.29 is 41.8 Å². The Morgan fingerprint density at radius 3 is 2.38 bits per heavy atom. The number of fused-ring (bicyclic) bond motifs is 1. The number of hydrogen-bond acceptors (Lipinski definition) is 10. The number of aliphatic imine (C=N–C) groups is 1. The lowest BCUT2D eigenvalue weighted by molar-refractivity contribution is -0.139. The lowest BCUT2D eigenvalue weighted by atomic mass is 10.1. The molecular formula is C32H41N5O10S. The Bertz CT molecular complexity index is 1910. The van der Waals surface area contributed by atoms with Crippen LogP contribution in [-0.2, 0) is 24.3 Å². The largest absolute Gasteiger partial charge is 0.482 e. The summed E-state index contributed by atoms with van der Waals surface area (Å²) in [5.74, 6) is -1.90. The summed E-state index contributed by atoms with van der Waals surface area (Å²) in [6.45, 7) is 10.9. The topological polar surface area (TPSA) is 229 Å². The summed E-state index contributed by atoms with van der Waals surface area (Å²) in [6, 6.07) is 6.56. The van der Waals surface area contributed by atoms with E-state index < -0.39 is 57.8 Å². The average molecular weight is 688 g/mol. The summed E-state index contributed by atoms with van der Waals surface area (Å²) in [5, 5.41) is 14.9. The van der Waals surface area contributed by atoms with Crippen molar-refractivity contribution >= 4 is 50.6 Å². The van der Waals surface area contributed by atoms with E-state index in [4.69, 9.17) is 24.7 Å². The maximum absolute atomic E-state index is 13.3. The van der Waals surface area contributed by atoms with Crippen LogP contribution in [0.2, 0.25) is 0 Å². The van der Waals surface area contributed by atoms with Crippen LogP contribution in [0.4, 0.5) is 10.5 Å². The van der Waals surface area contributed by atoms with E-state index >= 15 is 0 Å². The van der Waals surface area contributed by atoms with Gasteiger partial charge in [0.1, 0.15) is 23.0 Å². The Kier molecular flexibility index (Phi) is 11.8. The molecule has 0 aliphatic heterocycles. The van der Waals surface area contributed by atoms with E-state index in [1.165, 1.54) is 18.2 Å². The quantitative estimate of drug-likeness (QED) is 0.0802. The second-order valence-corrected chi connectivity index (χ2v) is 13.7. The van der Waals surface area contributed by atoms with Gasteiger partial charge in [0, 0.05) is 29.8 Å². The predicted octanol–water partition coefficient (Wildman–Crippen LogP) is 3.40. The van der Waals surface area contributed by atoms with Crippen LogP contribution in [0, 0.1) is 27.7 Å². The Labute approximate surface area is 277 Å². The van der Waals surface area contributed by atoms with Gasteiger partial charge in [-0.15, -0.1) is 0 Å². The van der Waals surface area contributed by atoms with Crippen LogP contribution < -0.4 is 31.5 Å². The van der Waals surface area contributed by atoms with E-state index in [1.807, 2.05) is 0 Å². The van der Waals surface area contributed by atoms with Gasteiger partial charge in [-0.3, -0.25) is 9.79 Å². The number of nitrogens with two attached hydrogens (primary N) is 1. The molecule has 6 N–H and O–H groups in total. The summed E-state index contributed by atoms with van der Waals surface area (Å²) in [7, 11) is -4.19. The highest BCUT2D eigenvalue weighted by Crippen LogP contribution is 2.30. The molecule has 1 heterocycles. The highest BCUT2D eigenvalue weighted by atomic mass is 32.2. The van der Waals surface area contributed by atoms with Crippen molar-refractivity contribution in [1.82, 2.24) is 10.0 Å². The fourth-order valence-corrected chi connectivity index (χ4v) is 6.27. The Morgan fingerprint density at radius 2 is 1.73 bits per heavy atom. The zero-order valence-corrected chi connectivity index (χ0v) is 28.7. The fourth-order valence-electron chi connectivity index (χ4n) is 4.79. The lowest BCUT2D eigenvalue weighted by Crippen LogP contribution is -2.46. The molecule has 0 saturated carbocycles. The van der Waals surface area contributed by atoms with Crippen LogP contribution in [0.3, 0.4) is 0 Å². The number of carbonyl (C=O) groups excluding carboxylic acids is 2. The number of guanidine groups is 1. The third-order valence-electron chi connectivity index (χ3n) is 7.00. The van der Waals surface area contributed by atoms with Gasteiger partial charge in [0.15, 0.2) is 6.61 Å². The van der Waals surface area contributed by atoms with Crippen LogP contribution >= 0.6 is 0 Å². The molecular weight excluding hydrogens is 646 g/mol. The average Bonchev–Trinajstić information content (AvgIpc) is 2.94. The number of amides is 2. The first-order chi connectivity index (χ1) is 22.3. The van der Waals surface area contributed by atoms with Crippen LogP contribution in [0.5, 0.6) is 5.75 Å². The van der Waals surface area contributed by atoms with E-state index in [0.29, 0.717) is 33.3 Å². The zero-order valence-electron chi connectivity index (χ0n) is 27.8. The minimum atomic E-state index is -4.19. The molecule has 1 atom stereocenters. The van der Waals surface area contributed by atoms with Gasteiger partial charge in [0.25, 0.3) is 10.0 Å². The van der Waals surface area contributed by atoms with Gasteiger partial charge in [0.2, 0.25) is 11.9 Å². The molecule has 1 aromatic heterocycles. The van der Waals surface area contributed by atoms with E-state index in [1.54, 1.807) is 60.6 Å². The molecule has 0 radical (unpaired) electrons. The Balaban J connectivity index is 1.72. The molecule has 48 heavy (non-hydrogen) atoms. The van der Waals surface area contributed by atoms with Crippen molar-refractivity contribution in [2.45, 2.75) is 77.8 Å². The van der Waals surface area contributed by atoms with Crippen LogP contribution in [0.1, 0.15) is 55.9 Å². The summed E-state index contributed by atoms with van der Waals surface area (Å²) >= 11 is 0. The van der Waals surface area contributed by atoms with Crippen molar-refractivity contribution in [3.05, 3.63) is 63.0 Å². The smallest absolute Gasteiger partial charge is 0.408 e. The number of rotatable bonds is 12. The van der Waals surface area contributed by atoms with E-state index in [9.17, 15) is 27.6 Å². The van der Waals surface area contributed by atoms with Gasteiger partial charge < -0.3 is 35.4 Å². The molecule has 260 valence electrons. The summed E-state index contributed by atoms with van der Waals surface area (Å²) in [6.07, 6.45) is -0.542. The molecule has 0 fully saturated rings. The summed E-state index contributed by atoms with van der Waals surface area (Å²) < 4.78 is 44.5. The number of nitrogens with one attached hydrogen (secondary N) is 3. The lowest BCUT2D eigenvalue weighted by Gasteiger charge is -2.23. The van der Waals surface area contributed by atoms with Crippen molar-refractivity contribution in [2.24, 2.45) is 10.7 Å². The monoisotopic (exact) mass is 687 g/mol. The number of alkyl carbamates (subject to hydrolysis) is 1. The van der Waals surface area contributed by atoms with E-state index in [-0.39, 0.29) is 35.6 Å². The first-order valence-electron chi connectivity index (χ1n) is 14.9. The second-order valence-electron chi connectivity index (χ2n) is 12.1. The maximum atomic E-state index is 13.3. The van der Waals surface area contributed by atoms with Crippen LogP contribution in [-0.4, -0.2) is 62.2 Å². The number of ether oxygens (including phenoxy) is 2. The number of benzene rings is 2. The fraction of sp³-hybridized carbons (Fsp3) is 0.406. The Morgan fingerprint density at radius 1 is 1.04 bits per heavy atom.